The maximum absolute atomic E-state index is 11.1. The van der Waals surface area contributed by atoms with Crippen LogP contribution in [0.1, 0.15) is 16.6 Å². The minimum absolute atomic E-state index is 0.0322. The molecule has 0 amide bonds. The van der Waals surface area contributed by atoms with Gasteiger partial charge in [-0.15, -0.1) is 0 Å². The predicted molar refractivity (Wildman–Crippen MR) is 61.9 cm³/mol. The van der Waals surface area contributed by atoms with E-state index in [-0.39, 0.29) is 5.78 Å². The second kappa shape index (κ2) is 4.40. The minimum Gasteiger partial charge on any atom is -0.481 e. The molecule has 0 aliphatic rings. The molecule has 0 saturated carbocycles. The van der Waals surface area contributed by atoms with Crippen molar-refractivity contribution >= 4 is 17.3 Å². The van der Waals surface area contributed by atoms with E-state index < -0.39 is 0 Å². The lowest BCUT2D eigenvalue weighted by Gasteiger charge is -1.99. The highest BCUT2D eigenvalue weighted by molar-refractivity contribution is 7.08. The molecule has 82 valence electrons. The molecule has 4 nitrogen and oxygen atoms in total. The fourth-order valence-electron chi connectivity index (χ4n) is 1.26. The van der Waals surface area contributed by atoms with Crippen LogP contribution in [0, 0.1) is 0 Å². The van der Waals surface area contributed by atoms with Crippen molar-refractivity contribution in [2.75, 3.05) is 7.11 Å². The highest BCUT2D eigenvalue weighted by Gasteiger charge is 2.08. The Morgan fingerprint density at radius 3 is 2.88 bits per heavy atom. The number of ketones is 1. The molecule has 0 unspecified atom stereocenters. The second-order valence-electron chi connectivity index (χ2n) is 3.22. The Morgan fingerprint density at radius 1 is 1.44 bits per heavy atom. The number of nitrogens with zero attached hydrogens (tertiary/aromatic N) is 2. The Balaban J connectivity index is 2.38. The molecule has 0 radical (unpaired) electrons. The van der Waals surface area contributed by atoms with Gasteiger partial charge in [-0.1, -0.05) is 0 Å². The standard InChI is InChI=1S/C11H10N2O2S/c1-7(14)10-6-9(13-16-10)8-3-4-12-11(5-8)15-2/h3-6H,1-2H3. The van der Waals surface area contributed by atoms with Crippen LogP contribution in [0.4, 0.5) is 0 Å². The van der Waals surface area contributed by atoms with E-state index in [9.17, 15) is 4.79 Å². The Labute approximate surface area is 97.1 Å². The zero-order chi connectivity index (χ0) is 11.5. The molecule has 0 fully saturated rings. The molecule has 0 atom stereocenters. The molecule has 5 heteroatoms. The first kappa shape index (κ1) is 10.8. The highest BCUT2D eigenvalue weighted by atomic mass is 32.1. The number of aromatic nitrogens is 2. The maximum atomic E-state index is 11.1. The summed E-state index contributed by atoms with van der Waals surface area (Å²) in [5.74, 6) is 0.569. The van der Waals surface area contributed by atoms with Crippen LogP contribution in [-0.2, 0) is 0 Å². The number of pyridine rings is 1. The van der Waals surface area contributed by atoms with Crippen LogP contribution >= 0.6 is 11.5 Å². The summed E-state index contributed by atoms with van der Waals surface area (Å²) in [5, 5.41) is 0. The molecule has 0 spiro atoms. The molecule has 2 heterocycles. The van der Waals surface area contributed by atoms with Crippen LogP contribution in [0.2, 0.25) is 0 Å². The van der Waals surface area contributed by atoms with Crippen molar-refractivity contribution < 1.29 is 9.53 Å². The lowest BCUT2D eigenvalue weighted by Crippen LogP contribution is -1.87. The van der Waals surface area contributed by atoms with Gasteiger partial charge in [0.1, 0.15) is 0 Å². The summed E-state index contributed by atoms with van der Waals surface area (Å²) in [6, 6.07) is 5.40. The van der Waals surface area contributed by atoms with E-state index in [4.69, 9.17) is 4.74 Å². The summed E-state index contributed by atoms with van der Waals surface area (Å²) in [5.41, 5.74) is 1.67. The third kappa shape index (κ3) is 2.09. The Hall–Kier alpha value is -1.75. The van der Waals surface area contributed by atoms with Gasteiger partial charge in [0.15, 0.2) is 5.78 Å². The number of carbonyl (C=O) groups excluding carboxylic acids is 1. The molecule has 0 N–H and O–H groups in total. The first-order chi connectivity index (χ1) is 7.70. The topological polar surface area (TPSA) is 52.1 Å². The number of carbonyl (C=O) groups is 1. The van der Waals surface area contributed by atoms with E-state index in [1.54, 1.807) is 25.4 Å². The molecule has 2 aromatic heterocycles. The summed E-state index contributed by atoms with van der Waals surface area (Å²) in [6.07, 6.45) is 1.65. The number of methoxy groups -OCH3 is 1. The molecule has 0 aliphatic carbocycles. The Morgan fingerprint density at radius 2 is 2.25 bits per heavy atom. The van der Waals surface area contributed by atoms with Crippen molar-refractivity contribution in [3.63, 3.8) is 0 Å². The zero-order valence-electron chi connectivity index (χ0n) is 8.93. The van der Waals surface area contributed by atoms with Crippen molar-refractivity contribution in [1.29, 1.82) is 0 Å². The van der Waals surface area contributed by atoms with E-state index in [0.29, 0.717) is 10.8 Å². The lowest BCUT2D eigenvalue weighted by atomic mass is 10.2. The molecule has 2 aromatic rings. The van der Waals surface area contributed by atoms with Crippen LogP contribution in [0.25, 0.3) is 11.3 Å². The summed E-state index contributed by atoms with van der Waals surface area (Å²) in [6.45, 7) is 1.53. The Bertz CT molecular complexity index is 522. The van der Waals surface area contributed by atoms with Crippen LogP contribution in [0.15, 0.2) is 24.4 Å². The van der Waals surface area contributed by atoms with Crippen LogP contribution in [-0.4, -0.2) is 22.3 Å². The third-order valence-electron chi connectivity index (χ3n) is 2.10. The van der Waals surface area contributed by atoms with Gasteiger partial charge < -0.3 is 4.74 Å². The number of Topliss-reactive ketones (excluding diaryl/α,β-unsaturated/α-hetero) is 1. The van der Waals surface area contributed by atoms with E-state index in [2.05, 4.69) is 9.36 Å². The van der Waals surface area contributed by atoms with Gasteiger partial charge in [0.25, 0.3) is 0 Å². The van der Waals surface area contributed by atoms with Gasteiger partial charge in [0.05, 0.1) is 17.7 Å². The SMILES string of the molecule is COc1cc(-c2cc(C(C)=O)sn2)ccn1. The largest absolute Gasteiger partial charge is 0.481 e. The summed E-state index contributed by atoms with van der Waals surface area (Å²) in [7, 11) is 1.56. The number of hydrogen-bond donors (Lipinski definition) is 0. The van der Waals surface area contributed by atoms with Gasteiger partial charge in [-0.25, -0.2) is 4.98 Å². The van der Waals surface area contributed by atoms with Crippen molar-refractivity contribution in [2.24, 2.45) is 0 Å². The molecule has 0 aliphatic heterocycles. The van der Waals surface area contributed by atoms with E-state index >= 15 is 0 Å². The summed E-state index contributed by atoms with van der Waals surface area (Å²) in [4.78, 5) is 15.8. The molecule has 16 heavy (non-hydrogen) atoms. The second-order valence-corrected chi connectivity index (χ2v) is 4.02. The summed E-state index contributed by atoms with van der Waals surface area (Å²) >= 11 is 1.21. The first-order valence-electron chi connectivity index (χ1n) is 4.69. The normalized spacial score (nSPS) is 10.1. The average molecular weight is 234 g/mol. The molecule has 2 rings (SSSR count). The van der Waals surface area contributed by atoms with Crippen LogP contribution in [0.5, 0.6) is 5.88 Å². The smallest absolute Gasteiger partial charge is 0.213 e. The fraction of sp³-hybridized carbons (Fsp3) is 0.182. The van der Waals surface area contributed by atoms with Crippen LogP contribution < -0.4 is 4.74 Å². The molecular formula is C11H10N2O2S. The van der Waals surface area contributed by atoms with E-state index in [1.807, 2.05) is 6.07 Å². The van der Waals surface area contributed by atoms with Crippen molar-refractivity contribution in [2.45, 2.75) is 6.92 Å². The molecule has 0 aromatic carbocycles. The molecular weight excluding hydrogens is 224 g/mol. The van der Waals surface area contributed by atoms with Gasteiger partial charge in [0.2, 0.25) is 5.88 Å². The average Bonchev–Trinajstić information content (AvgIpc) is 2.78. The minimum atomic E-state index is 0.0322. The van der Waals surface area contributed by atoms with Crippen LogP contribution in [0.3, 0.4) is 0 Å². The van der Waals surface area contributed by atoms with Crippen molar-refractivity contribution in [3.05, 3.63) is 29.3 Å². The van der Waals surface area contributed by atoms with Crippen molar-refractivity contribution in [1.82, 2.24) is 9.36 Å². The van der Waals surface area contributed by atoms with Crippen molar-refractivity contribution in [3.8, 4) is 17.1 Å². The third-order valence-corrected chi connectivity index (χ3v) is 2.99. The summed E-state index contributed by atoms with van der Waals surface area (Å²) < 4.78 is 9.25. The molecule has 0 saturated heterocycles. The van der Waals surface area contributed by atoms with Gasteiger partial charge in [-0.2, -0.15) is 4.37 Å². The Kier molecular flexibility index (Phi) is 2.96. The van der Waals surface area contributed by atoms with Gasteiger partial charge >= 0.3 is 0 Å². The lowest BCUT2D eigenvalue weighted by molar-refractivity contribution is 0.102. The number of hydrogen-bond acceptors (Lipinski definition) is 5. The van der Waals surface area contributed by atoms with E-state index in [1.165, 1.54) is 18.5 Å². The number of rotatable bonds is 3. The van der Waals surface area contributed by atoms with Gasteiger partial charge in [0, 0.05) is 24.8 Å². The number of ether oxygens (including phenoxy) is 1. The van der Waals surface area contributed by atoms with Gasteiger partial charge in [-0.05, 0) is 23.7 Å². The van der Waals surface area contributed by atoms with E-state index in [0.717, 1.165) is 11.3 Å². The highest BCUT2D eigenvalue weighted by Crippen LogP contribution is 2.24. The fourth-order valence-corrected chi connectivity index (χ4v) is 1.91. The predicted octanol–water partition coefficient (Wildman–Crippen LogP) is 2.42. The first-order valence-corrected chi connectivity index (χ1v) is 5.46. The van der Waals surface area contributed by atoms with Gasteiger partial charge in [-0.3, -0.25) is 4.79 Å². The molecule has 0 bridgehead atoms. The maximum Gasteiger partial charge on any atom is 0.213 e. The quantitative estimate of drug-likeness (QED) is 0.765. The monoisotopic (exact) mass is 234 g/mol. The zero-order valence-corrected chi connectivity index (χ0v) is 9.75.